The number of nitrogens with zero attached hydrogens (tertiary/aromatic N) is 1. The first-order chi connectivity index (χ1) is 15.4. The molecule has 0 aromatic heterocycles. The van der Waals surface area contributed by atoms with E-state index >= 15 is 0 Å². The topological polar surface area (TPSA) is 70.6 Å². The number of hydrogen-bond donors (Lipinski definition) is 2. The lowest BCUT2D eigenvalue weighted by atomic mass is 10.1. The summed E-state index contributed by atoms with van der Waals surface area (Å²) in [5, 5.41) is 8.20. The maximum Gasteiger partial charge on any atom is 0.255 e. The molecular weight excluding hydrogens is 465 g/mol. The van der Waals surface area contributed by atoms with Crippen LogP contribution in [-0.2, 0) is 10.5 Å². The smallest absolute Gasteiger partial charge is 0.255 e. The molecule has 3 aromatic carbocycles. The molecule has 3 rings (SSSR count). The van der Waals surface area contributed by atoms with Gasteiger partial charge in [0.15, 0.2) is 0 Å². The maximum atomic E-state index is 12.4. The van der Waals surface area contributed by atoms with Crippen molar-refractivity contribution in [3.05, 3.63) is 99.5 Å². The zero-order chi connectivity index (χ0) is 22.9. The summed E-state index contributed by atoms with van der Waals surface area (Å²) in [6.07, 6.45) is 0. The Kier molecular flexibility index (Phi) is 8.73. The molecule has 2 amide bonds. The Hall–Kier alpha value is -2.80. The lowest BCUT2D eigenvalue weighted by Gasteiger charge is -2.08. The van der Waals surface area contributed by atoms with Crippen LogP contribution in [0.2, 0.25) is 10.0 Å². The second-order valence-electron chi connectivity index (χ2n) is 6.90. The van der Waals surface area contributed by atoms with Gasteiger partial charge >= 0.3 is 0 Å². The first kappa shape index (κ1) is 23.9. The number of nitrogens with one attached hydrogen (secondary N) is 2. The van der Waals surface area contributed by atoms with E-state index in [-0.39, 0.29) is 17.6 Å². The highest BCUT2D eigenvalue weighted by atomic mass is 35.5. The fourth-order valence-electron chi connectivity index (χ4n) is 2.74. The van der Waals surface area contributed by atoms with E-state index in [1.54, 1.807) is 43.3 Å². The third-order valence-electron chi connectivity index (χ3n) is 4.39. The highest BCUT2D eigenvalue weighted by molar-refractivity contribution is 7.99. The minimum Gasteiger partial charge on any atom is -0.322 e. The third-order valence-corrected chi connectivity index (χ3v) is 5.88. The number of rotatable bonds is 8. The molecule has 0 aliphatic carbocycles. The average molecular weight is 486 g/mol. The van der Waals surface area contributed by atoms with Crippen molar-refractivity contribution >= 4 is 58.2 Å². The van der Waals surface area contributed by atoms with E-state index < -0.39 is 0 Å². The van der Waals surface area contributed by atoms with Crippen LogP contribution in [0.1, 0.15) is 28.4 Å². The predicted molar refractivity (Wildman–Crippen MR) is 134 cm³/mol. The molecule has 0 aliphatic heterocycles. The summed E-state index contributed by atoms with van der Waals surface area (Å²) < 4.78 is 0. The van der Waals surface area contributed by atoms with E-state index in [9.17, 15) is 9.59 Å². The molecule has 0 saturated carbocycles. The van der Waals surface area contributed by atoms with Gasteiger partial charge in [0.25, 0.3) is 5.91 Å². The third kappa shape index (κ3) is 7.41. The maximum absolute atomic E-state index is 12.4. The van der Waals surface area contributed by atoms with Gasteiger partial charge in [-0.1, -0.05) is 53.5 Å². The summed E-state index contributed by atoms with van der Waals surface area (Å²) in [5.74, 6) is 0.551. The quantitative estimate of drug-likeness (QED) is 0.302. The van der Waals surface area contributed by atoms with Gasteiger partial charge in [-0.15, -0.1) is 11.8 Å². The zero-order valence-electron chi connectivity index (χ0n) is 17.3. The fraction of sp³-hybridized carbons (Fsp3) is 0.125. The Morgan fingerprint density at radius 2 is 1.62 bits per heavy atom. The molecule has 0 atom stereocenters. The monoisotopic (exact) mass is 485 g/mol. The molecule has 164 valence electrons. The van der Waals surface area contributed by atoms with Crippen LogP contribution < -0.4 is 10.7 Å². The zero-order valence-corrected chi connectivity index (χ0v) is 19.6. The number of anilines is 1. The summed E-state index contributed by atoms with van der Waals surface area (Å²) in [6, 6.07) is 21.5. The van der Waals surface area contributed by atoms with E-state index in [4.69, 9.17) is 23.2 Å². The first-order valence-electron chi connectivity index (χ1n) is 9.73. The normalized spacial score (nSPS) is 11.2. The van der Waals surface area contributed by atoms with Gasteiger partial charge in [-0.3, -0.25) is 9.59 Å². The Labute approximate surface area is 201 Å². The van der Waals surface area contributed by atoms with E-state index in [2.05, 4.69) is 15.8 Å². The summed E-state index contributed by atoms with van der Waals surface area (Å²) in [5.41, 5.74) is 6.17. The van der Waals surface area contributed by atoms with Gasteiger partial charge < -0.3 is 5.32 Å². The molecule has 5 nitrogen and oxygen atoms in total. The van der Waals surface area contributed by atoms with E-state index in [1.807, 2.05) is 36.4 Å². The minimum absolute atomic E-state index is 0.186. The molecule has 0 spiro atoms. The number of hydrogen-bond acceptors (Lipinski definition) is 4. The first-order valence-corrected chi connectivity index (χ1v) is 11.6. The van der Waals surface area contributed by atoms with Crippen molar-refractivity contribution in [2.24, 2.45) is 5.10 Å². The van der Waals surface area contributed by atoms with Crippen LogP contribution in [0.15, 0.2) is 77.9 Å². The lowest BCUT2D eigenvalue weighted by molar-refractivity contribution is -0.118. The van der Waals surface area contributed by atoms with Crippen molar-refractivity contribution in [2.75, 3.05) is 11.1 Å². The second-order valence-corrected chi connectivity index (χ2v) is 8.76. The Morgan fingerprint density at radius 1 is 0.906 bits per heavy atom. The minimum atomic E-state index is -0.259. The molecule has 0 radical (unpaired) electrons. The Morgan fingerprint density at radius 3 is 2.38 bits per heavy atom. The summed E-state index contributed by atoms with van der Waals surface area (Å²) in [4.78, 5) is 24.5. The molecule has 0 fully saturated rings. The molecular formula is C24H21Cl2N3O2S. The number of amides is 2. The van der Waals surface area contributed by atoms with E-state index in [1.165, 1.54) is 11.8 Å². The standard InChI is InChI=1S/C24H21Cl2N3O2S/c1-16(28-29-23(30)15-32-14-17-8-10-20(25)11-9-17)18-4-3-7-22(13-18)27-24(31)19-5-2-6-21(26)12-19/h2-13H,14-15H2,1H3,(H,27,31)(H,29,30)/b28-16-. The van der Waals surface area contributed by atoms with Crippen molar-refractivity contribution in [3.63, 3.8) is 0 Å². The van der Waals surface area contributed by atoms with Gasteiger partial charge in [0, 0.05) is 27.0 Å². The summed E-state index contributed by atoms with van der Waals surface area (Å²) >= 11 is 13.3. The number of halogens is 2. The fourth-order valence-corrected chi connectivity index (χ4v) is 3.84. The largest absolute Gasteiger partial charge is 0.322 e. The van der Waals surface area contributed by atoms with Gasteiger partial charge in [-0.2, -0.15) is 5.10 Å². The van der Waals surface area contributed by atoms with Gasteiger partial charge in [-0.05, 0) is 60.5 Å². The van der Waals surface area contributed by atoms with Gasteiger partial charge in [-0.25, -0.2) is 5.43 Å². The molecule has 32 heavy (non-hydrogen) atoms. The number of thioether (sulfide) groups is 1. The molecule has 0 heterocycles. The van der Waals surface area contributed by atoms with Crippen LogP contribution in [0.5, 0.6) is 0 Å². The van der Waals surface area contributed by atoms with Crippen LogP contribution in [0.4, 0.5) is 5.69 Å². The Bertz CT molecular complexity index is 1130. The van der Waals surface area contributed by atoms with Crippen LogP contribution in [-0.4, -0.2) is 23.3 Å². The number of benzene rings is 3. The van der Waals surface area contributed by atoms with E-state index in [0.717, 1.165) is 11.1 Å². The highest BCUT2D eigenvalue weighted by Crippen LogP contribution is 2.17. The second kappa shape index (κ2) is 11.7. The predicted octanol–water partition coefficient (Wildman–Crippen LogP) is 6.02. The van der Waals surface area contributed by atoms with Crippen molar-refractivity contribution in [3.8, 4) is 0 Å². The number of carbonyl (C=O) groups is 2. The van der Waals surface area contributed by atoms with Gasteiger partial charge in [0.05, 0.1) is 11.5 Å². The molecule has 8 heteroatoms. The molecule has 2 N–H and O–H groups in total. The molecule has 0 unspecified atom stereocenters. The van der Waals surface area contributed by atoms with Crippen LogP contribution in [0, 0.1) is 0 Å². The van der Waals surface area contributed by atoms with Crippen molar-refractivity contribution in [2.45, 2.75) is 12.7 Å². The number of carbonyl (C=O) groups excluding carboxylic acids is 2. The van der Waals surface area contributed by atoms with Gasteiger partial charge in [0.1, 0.15) is 0 Å². The van der Waals surface area contributed by atoms with E-state index in [0.29, 0.717) is 32.8 Å². The van der Waals surface area contributed by atoms with Crippen LogP contribution >= 0.6 is 35.0 Å². The van der Waals surface area contributed by atoms with Gasteiger partial charge in [0.2, 0.25) is 5.91 Å². The van der Waals surface area contributed by atoms with Crippen LogP contribution in [0.25, 0.3) is 0 Å². The SMILES string of the molecule is C/C(=N/NC(=O)CSCc1ccc(Cl)cc1)c1cccc(NC(=O)c2cccc(Cl)c2)c1. The summed E-state index contributed by atoms with van der Waals surface area (Å²) in [6.45, 7) is 1.79. The Balaban J connectivity index is 1.52. The van der Waals surface area contributed by atoms with Crippen LogP contribution in [0.3, 0.4) is 0 Å². The highest BCUT2D eigenvalue weighted by Gasteiger charge is 2.08. The summed E-state index contributed by atoms with van der Waals surface area (Å²) in [7, 11) is 0. The number of hydrazone groups is 1. The average Bonchev–Trinajstić information content (AvgIpc) is 2.79. The van der Waals surface area contributed by atoms with Crippen molar-refractivity contribution in [1.29, 1.82) is 0 Å². The molecule has 0 aliphatic rings. The molecule has 3 aromatic rings. The van der Waals surface area contributed by atoms with Crippen molar-refractivity contribution in [1.82, 2.24) is 5.43 Å². The molecule has 0 bridgehead atoms. The lowest BCUT2D eigenvalue weighted by Crippen LogP contribution is -2.21. The van der Waals surface area contributed by atoms with Crippen molar-refractivity contribution < 1.29 is 9.59 Å². The molecule has 0 saturated heterocycles.